The van der Waals surface area contributed by atoms with Crippen molar-refractivity contribution in [3.63, 3.8) is 0 Å². The minimum atomic E-state index is 0.584. The monoisotopic (exact) mass is 190 g/mol. The van der Waals surface area contributed by atoms with Crippen LogP contribution in [0.2, 0.25) is 0 Å². The lowest BCUT2D eigenvalue weighted by Gasteiger charge is -2.03. The van der Waals surface area contributed by atoms with Crippen LogP contribution in [0.4, 0.5) is 0 Å². The Bertz CT molecular complexity index is 432. The molecule has 0 atom stereocenters. The minimum absolute atomic E-state index is 0.584. The van der Waals surface area contributed by atoms with Crippen molar-refractivity contribution in [2.75, 3.05) is 0 Å². The number of benzene rings is 2. The van der Waals surface area contributed by atoms with E-state index in [0.717, 1.165) is 0 Å². The Kier molecular flexibility index (Phi) is 2.24. The zero-order valence-electron chi connectivity index (χ0n) is 7.55. The summed E-state index contributed by atoms with van der Waals surface area (Å²) in [6.07, 6.45) is 0. The van der Waals surface area contributed by atoms with Gasteiger partial charge in [0.15, 0.2) is 0 Å². The van der Waals surface area contributed by atoms with E-state index in [1.165, 1.54) is 21.9 Å². The number of hydrogen-bond acceptors (Lipinski definition) is 0. The summed E-state index contributed by atoms with van der Waals surface area (Å²) in [5.74, 6) is 0.584. The van der Waals surface area contributed by atoms with Crippen molar-refractivity contribution in [2.24, 2.45) is 0 Å². The van der Waals surface area contributed by atoms with E-state index in [1.54, 1.807) is 0 Å². The Morgan fingerprint density at radius 3 is 2.77 bits per heavy atom. The van der Waals surface area contributed by atoms with Crippen LogP contribution >= 0.6 is 11.6 Å². The van der Waals surface area contributed by atoms with Crippen LogP contribution in [-0.2, 0) is 5.88 Å². The number of rotatable bonds is 1. The summed E-state index contributed by atoms with van der Waals surface area (Å²) in [5, 5.41) is 2.54. The van der Waals surface area contributed by atoms with Crippen LogP contribution < -0.4 is 0 Å². The maximum atomic E-state index is 5.86. The molecule has 0 spiro atoms. The zero-order chi connectivity index (χ0) is 9.26. The van der Waals surface area contributed by atoms with Crippen molar-refractivity contribution >= 4 is 22.4 Å². The van der Waals surface area contributed by atoms with Gasteiger partial charge < -0.3 is 0 Å². The fourth-order valence-electron chi connectivity index (χ4n) is 1.57. The molecular formula is C12H11Cl. The summed E-state index contributed by atoms with van der Waals surface area (Å²) in [7, 11) is 0. The number of halogens is 1. The summed E-state index contributed by atoms with van der Waals surface area (Å²) in [4.78, 5) is 0. The molecule has 2 rings (SSSR count). The highest BCUT2D eigenvalue weighted by Gasteiger charge is 1.98. The summed E-state index contributed by atoms with van der Waals surface area (Å²) in [6.45, 7) is 2.10. The van der Waals surface area contributed by atoms with Gasteiger partial charge >= 0.3 is 0 Å². The van der Waals surface area contributed by atoms with E-state index in [0.29, 0.717) is 5.88 Å². The van der Waals surface area contributed by atoms with E-state index in [2.05, 4.69) is 43.3 Å². The van der Waals surface area contributed by atoms with Gasteiger partial charge in [0, 0.05) is 5.88 Å². The molecule has 0 aromatic heterocycles. The first-order chi connectivity index (χ1) is 6.31. The van der Waals surface area contributed by atoms with Crippen LogP contribution in [0.25, 0.3) is 10.8 Å². The van der Waals surface area contributed by atoms with E-state index in [9.17, 15) is 0 Å². The molecule has 1 heteroatoms. The van der Waals surface area contributed by atoms with Crippen LogP contribution in [0.15, 0.2) is 36.4 Å². The molecule has 0 aliphatic heterocycles. The van der Waals surface area contributed by atoms with Crippen molar-refractivity contribution in [3.8, 4) is 0 Å². The van der Waals surface area contributed by atoms with Gasteiger partial charge in [-0.1, -0.05) is 42.0 Å². The molecule has 13 heavy (non-hydrogen) atoms. The third-order valence-electron chi connectivity index (χ3n) is 2.27. The first-order valence-corrected chi connectivity index (χ1v) is 4.89. The number of alkyl halides is 1. The second kappa shape index (κ2) is 3.39. The molecule has 0 fully saturated rings. The van der Waals surface area contributed by atoms with E-state index >= 15 is 0 Å². The van der Waals surface area contributed by atoms with E-state index in [-0.39, 0.29) is 0 Å². The standard InChI is InChI=1S/C12H11Cl/c1-9-5-6-10-3-2-4-11(8-13)12(10)7-9/h2-7H,8H2,1H3. The topological polar surface area (TPSA) is 0 Å². The SMILES string of the molecule is Cc1ccc2cccc(CCl)c2c1. The van der Waals surface area contributed by atoms with Gasteiger partial charge in [-0.15, -0.1) is 11.6 Å². The Morgan fingerprint density at radius 2 is 2.00 bits per heavy atom. The minimum Gasteiger partial charge on any atom is -0.122 e. The molecule has 0 amide bonds. The fraction of sp³-hybridized carbons (Fsp3) is 0.167. The average Bonchev–Trinajstić information content (AvgIpc) is 2.17. The largest absolute Gasteiger partial charge is 0.122 e. The first-order valence-electron chi connectivity index (χ1n) is 4.35. The highest BCUT2D eigenvalue weighted by molar-refractivity contribution is 6.18. The summed E-state index contributed by atoms with van der Waals surface area (Å²) in [6, 6.07) is 12.7. The molecule has 0 bridgehead atoms. The third kappa shape index (κ3) is 1.54. The summed E-state index contributed by atoms with van der Waals surface area (Å²) < 4.78 is 0. The van der Waals surface area contributed by atoms with Crippen molar-refractivity contribution in [1.29, 1.82) is 0 Å². The van der Waals surface area contributed by atoms with Crippen molar-refractivity contribution in [2.45, 2.75) is 12.8 Å². The summed E-state index contributed by atoms with van der Waals surface area (Å²) in [5.41, 5.74) is 2.49. The Labute approximate surface area is 83.1 Å². The van der Waals surface area contributed by atoms with Crippen LogP contribution in [-0.4, -0.2) is 0 Å². The average molecular weight is 191 g/mol. The second-order valence-corrected chi connectivity index (χ2v) is 3.54. The van der Waals surface area contributed by atoms with Gasteiger partial charge in [-0.05, 0) is 23.3 Å². The van der Waals surface area contributed by atoms with Gasteiger partial charge in [-0.25, -0.2) is 0 Å². The quantitative estimate of drug-likeness (QED) is 0.599. The second-order valence-electron chi connectivity index (χ2n) is 3.28. The number of fused-ring (bicyclic) bond motifs is 1. The predicted octanol–water partition coefficient (Wildman–Crippen LogP) is 3.89. The lowest BCUT2D eigenvalue weighted by molar-refractivity contribution is 1.43. The molecule has 2 aromatic carbocycles. The normalized spacial score (nSPS) is 10.6. The number of hydrogen-bond donors (Lipinski definition) is 0. The van der Waals surface area contributed by atoms with E-state index < -0.39 is 0 Å². The zero-order valence-corrected chi connectivity index (χ0v) is 8.31. The van der Waals surface area contributed by atoms with Gasteiger partial charge in [-0.2, -0.15) is 0 Å². The molecule has 66 valence electrons. The molecule has 0 saturated heterocycles. The molecule has 2 aromatic rings. The maximum Gasteiger partial charge on any atom is 0.0480 e. The maximum absolute atomic E-state index is 5.86. The van der Waals surface area contributed by atoms with E-state index in [4.69, 9.17) is 11.6 Å². The fourth-order valence-corrected chi connectivity index (χ4v) is 1.80. The summed E-state index contributed by atoms with van der Waals surface area (Å²) >= 11 is 5.86. The number of aryl methyl sites for hydroxylation is 1. The van der Waals surface area contributed by atoms with Gasteiger partial charge in [-0.3, -0.25) is 0 Å². The molecule has 0 N–H and O–H groups in total. The third-order valence-corrected chi connectivity index (χ3v) is 2.56. The van der Waals surface area contributed by atoms with E-state index in [1.807, 2.05) is 0 Å². The smallest absolute Gasteiger partial charge is 0.0480 e. The van der Waals surface area contributed by atoms with Crippen LogP contribution in [0.3, 0.4) is 0 Å². The molecule has 0 radical (unpaired) electrons. The van der Waals surface area contributed by atoms with Crippen LogP contribution in [0.5, 0.6) is 0 Å². The van der Waals surface area contributed by atoms with Gasteiger partial charge in [0.05, 0.1) is 0 Å². The first kappa shape index (κ1) is 8.58. The molecule has 0 nitrogen and oxygen atoms in total. The lowest BCUT2D eigenvalue weighted by Crippen LogP contribution is -1.82. The molecular weight excluding hydrogens is 180 g/mol. The lowest BCUT2D eigenvalue weighted by atomic mass is 10.0. The molecule has 0 aliphatic carbocycles. The van der Waals surface area contributed by atoms with Crippen molar-refractivity contribution in [3.05, 3.63) is 47.5 Å². The van der Waals surface area contributed by atoms with Gasteiger partial charge in [0.25, 0.3) is 0 Å². The van der Waals surface area contributed by atoms with Gasteiger partial charge in [0.2, 0.25) is 0 Å². The van der Waals surface area contributed by atoms with Crippen LogP contribution in [0, 0.1) is 6.92 Å². The van der Waals surface area contributed by atoms with Crippen molar-refractivity contribution < 1.29 is 0 Å². The highest BCUT2D eigenvalue weighted by atomic mass is 35.5. The molecule has 0 heterocycles. The van der Waals surface area contributed by atoms with Gasteiger partial charge in [0.1, 0.15) is 0 Å². The highest BCUT2D eigenvalue weighted by Crippen LogP contribution is 2.21. The Morgan fingerprint density at radius 1 is 1.15 bits per heavy atom. The van der Waals surface area contributed by atoms with Crippen molar-refractivity contribution in [1.82, 2.24) is 0 Å². The van der Waals surface area contributed by atoms with Crippen LogP contribution in [0.1, 0.15) is 11.1 Å². The molecule has 0 unspecified atom stereocenters. The Hall–Kier alpha value is -1.01. The molecule has 0 saturated carbocycles. The predicted molar refractivity (Wildman–Crippen MR) is 58.2 cm³/mol. The molecule has 0 aliphatic rings. The Balaban J connectivity index is 2.79.